The summed E-state index contributed by atoms with van der Waals surface area (Å²) in [6.07, 6.45) is 4.47. The van der Waals surface area contributed by atoms with Gasteiger partial charge < -0.3 is 13.9 Å². The molecule has 0 atom stereocenters. The molecule has 6 heteroatoms. The molecule has 0 aliphatic rings. The van der Waals surface area contributed by atoms with E-state index >= 15 is 0 Å². The Kier molecular flexibility index (Phi) is 6.33. The first kappa shape index (κ1) is 23.8. The van der Waals surface area contributed by atoms with Crippen molar-refractivity contribution in [2.45, 2.75) is 53.6 Å². The van der Waals surface area contributed by atoms with Crippen LogP contribution in [0.1, 0.15) is 79.0 Å². The average Bonchev–Trinajstić information content (AvgIpc) is 1.47. The van der Waals surface area contributed by atoms with Crippen LogP contribution in [0, 0.1) is 45.9 Å². The third-order valence-corrected chi connectivity index (χ3v) is 10.7. The molecule has 0 N–H and O–H groups in total. The molecule has 64 heavy (non-hydrogen) atoms. The first-order valence-electron chi connectivity index (χ1n) is 30.7. The predicted molar refractivity (Wildman–Crippen MR) is 256 cm³/mol. The van der Waals surface area contributed by atoms with Crippen LogP contribution in [0.5, 0.6) is 11.5 Å². The second-order valence-corrected chi connectivity index (χ2v) is 15.7. The van der Waals surface area contributed by atoms with E-state index in [1.54, 1.807) is 41.1 Å². The molecule has 0 aliphatic carbocycles. The summed E-state index contributed by atoms with van der Waals surface area (Å²) in [7, 11) is 0. The number of rotatable bonds is 8. The largest absolute Gasteiger partial charge is 0.510 e. The third-order valence-electron chi connectivity index (χ3n) is 10.7. The van der Waals surface area contributed by atoms with E-state index in [9.17, 15) is 0 Å². The van der Waals surface area contributed by atoms with Crippen molar-refractivity contribution in [2.24, 2.45) is 0 Å². The third kappa shape index (κ3) is 7.69. The summed E-state index contributed by atoms with van der Waals surface area (Å²) in [5, 5.41) is 1.29. The fraction of sp³-hybridized carbons (Fsp3) is 0.138. The minimum atomic E-state index is -3.38. The molecule has 7 aromatic carbocycles. The first-order valence-corrected chi connectivity index (χ1v) is 19.7. The van der Waals surface area contributed by atoms with Gasteiger partial charge in [0.2, 0.25) is 0 Å². The Morgan fingerprint density at radius 3 is 2.02 bits per heavy atom. The molecule has 318 valence electrons. The number of benzene rings is 7. The van der Waals surface area contributed by atoms with Gasteiger partial charge in [0.1, 0.15) is 5.82 Å². The summed E-state index contributed by atoms with van der Waals surface area (Å²) in [5.41, 5.74) is -2.53. The van der Waals surface area contributed by atoms with Crippen molar-refractivity contribution in [3.05, 3.63) is 210 Å². The summed E-state index contributed by atoms with van der Waals surface area (Å²) in [4.78, 5) is 4.77. The van der Waals surface area contributed by atoms with Crippen molar-refractivity contribution >= 4 is 21.8 Å². The van der Waals surface area contributed by atoms with Gasteiger partial charge in [-0.05, 0) is 112 Å². The molecule has 3 heterocycles. The maximum Gasteiger partial charge on any atom is 0.267 e. The van der Waals surface area contributed by atoms with Gasteiger partial charge in [0.15, 0.2) is 0 Å². The van der Waals surface area contributed by atoms with Gasteiger partial charge >= 0.3 is 0 Å². The van der Waals surface area contributed by atoms with Crippen molar-refractivity contribution < 1.29 is 60.5 Å². The topological polar surface area (TPSA) is 35.9 Å². The van der Waals surface area contributed by atoms with Gasteiger partial charge in [0.05, 0.1) is 25.1 Å². The van der Waals surface area contributed by atoms with Gasteiger partial charge in [-0.3, -0.25) is 4.57 Å². The fourth-order valence-electron chi connectivity index (χ4n) is 7.70. The Hall–Kier alpha value is -6.81. The molecule has 0 aliphatic heterocycles. The zero-order valence-electron chi connectivity index (χ0n) is 56.3. The molecule has 0 radical (unpaired) electrons. The maximum atomic E-state index is 9.00. The van der Waals surface area contributed by atoms with Crippen LogP contribution in [0.4, 0.5) is 0 Å². The Balaban J connectivity index is 0.00000884. The van der Waals surface area contributed by atoms with Crippen molar-refractivity contribution in [2.75, 3.05) is 0 Å². The van der Waals surface area contributed by atoms with Gasteiger partial charge in [-0.2, -0.15) is 18.2 Å². The van der Waals surface area contributed by atoms with E-state index in [-0.39, 0.29) is 71.5 Å². The molecular formula is C58H48N4OPt-2. The van der Waals surface area contributed by atoms with Crippen LogP contribution in [0.15, 0.2) is 164 Å². The number of aromatic nitrogens is 4. The van der Waals surface area contributed by atoms with Crippen LogP contribution in [0.2, 0.25) is 0 Å². The number of hydrogen-bond acceptors (Lipinski definition) is 2. The molecule has 10 rings (SSSR count). The van der Waals surface area contributed by atoms with E-state index in [1.165, 1.54) is 54.6 Å². The van der Waals surface area contributed by atoms with Crippen LogP contribution in [-0.4, -0.2) is 14.1 Å². The summed E-state index contributed by atoms with van der Waals surface area (Å²) >= 11 is 0. The number of aryl methyl sites for hydroxylation is 2. The molecule has 0 amide bonds. The standard InChI is InChI=1S/C58H48N4O.Pt/c1-38-17-14-18-39(2)56(38)44-27-29-51-52-30-28-48(36-54(52)62(53(51)33-44)55-34-45(31-32-59-55)58(5,6)7)63-47-24-15-23-46(35-47)60-37-61(41(4)40(60)3)57-49(42-19-10-8-11-20-42)25-16-26-50(57)43-21-12-9-13-22-43;/h8-34H,1-7H3;/q-2;/i1D3,2D3,3D3,4D3,8D,9D,10D,11D,12D,13D,19D,20D,21D,22D;. The van der Waals surface area contributed by atoms with Gasteiger partial charge in [0.25, 0.3) is 6.33 Å². The molecule has 0 fully saturated rings. The van der Waals surface area contributed by atoms with E-state index in [1.807, 2.05) is 32.9 Å². The zero-order valence-corrected chi connectivity index (χ0v) is 36.6. The average molecular weight is 1030 g/mol. The van der Waals surface area contributed by atoms with Crippen LogP contribution in [-0.2, 0) is 26.5 Å². The minimum Gasteiger partial charge on any atom is -0.510 e. The van der Waals surface area contributed by atoms with Crippen molar-refractivity contribution in [1.29, 1.82) is 0 Å². The summed E-state index contributed by atoms with van der Waals surface area (Å²) in [6.45, 7) is -5.98. The summed E-state index contributed by atoms with van der Waals surface area (Å²) in [5.74, 6) is 0.439. The van der Waals surface area contributed by atoms with E-state index < -0.39 is 116 Å². The van der Waals surface area contributed by atoms with E-state index in [0.29, 0.717) is 33.2 Å². The molecule has 0 spiro atoms. The van der Waals surface area contributed by atoms with Crippen molar-refractivity contribution in [3.63, 3.8) is 0 Å². The number of fused-ring (bicyclic) bond motifs is 3. The molecule has 3 aromatic heterocycles. The second kappa shape index (κ2) is 17.0. The number of nitrogens with zero attached hydrogens (tertiary/aromatic N) is 4. The Labute approximate surface area is 421 Å². The maximum absolute atomic E-state index is 9.00. The van der Waals surface area contributed by atoms with Gasteiger partial charge in [-0.1, -0.05) is 135 Å². The molecule has 5 nitrogen and oxygen atoms in total. The molecule has 0 unspecified atom stereocenters. The monoisotopic (exact) mass is 1030 g/mol. The predicted octanol–water partition coefficient (Wildman–Crippen LogP) is 14.0. The van der Waals surface area contributed by atoms with E-state index in [2.05, 4.69) is 18.5 Å². The molecule has 0 saturated carbocycles. The van der Waals surface area contributed by atoms with Gasteiger partial charge in [-0.25, -0.2) is 4.98 Å². The molecule has 10 aromatic rings. The summed E-state index contributed by atoms with van der Waals surface area (Å²) < 4.78 is 201. The number of para-hydroxylation sites is 1. The van der Waals surface area contributed by atoms with Crippen LogP contribution < -0.4 is 9.30 Å². The zero-order chi connectivity index (χ0) is 62.1. The van der Waals surface area contributed by atoms with Crippen molar-refractivity contribution in [1.82, 2.24) is 14.1 Å². The second-order valence-electron chi connectivity index (χ2n) is 15.7. The minimum absolute atomic E-state index is 0. The van der Waals surface area contributed by atoms with Gasteiger partial charge in [-0.15, -0.1) is 29.7 Å². The van der Waals surface area contributed by atoms with Gasteiger partial charge in [0, 0.05) is 66.4 Å². The summed E-state index contributed by atoms with van der Waals surface area (Å²) in [6, 6.07) is 23.2. The molecule has 0 bridgehead atoms. The number of imidazole rings is 1. The SMILES string of the molecule is [2H]c1c([2H])c([2H])c(-c2cccc(-c3c([2H])c([2H])c([2H])c([2H])c3[2H])c2-[n+]2[c-]n(-c3[c-]c(Oc4[c-]c5c(cc4)c4ccc(-c6c(C([2H])([2H])[2H])cccc6C([2H])([2H])[2H])cc4n5-c4cc(C(C)(C)C)ccn4)ccc3)c(C([2H])([2H])[2H])c2C([2H])([2H])[2H])c([2H])c1[2H].[Pt]. The fourth-order valence-corrected chi connectivity index (χ4v) is 7.70. The van der Waals surface area contributed by atoms with Crippen LogP contribution in [0.25, 0.3) is 72.4 Å². The smallest absolute Gasteiger partial charge is 0.267 e. The Morgan fingerprint density at radius 2 is 1.34 bits per heavy atom. The Bertz CT molecular complexity index is 4220. The van der Waals surface area contributed by atoms with Crippen LogP contribution in [0.3, 0.4) is 0 Å². The Morgan fingerprint density at radius 1 is 0.672 bits per heavy atom. The van der Waals surface area contributed by atoms with E-state index in [0.717, 1.165) is 14.7 Å². The normalized spacial score (nSPS) is 17.3. The van der Waals surface area contributed by atoms with Crippen molar-refractivity contribution in [3.8, 4) is 62.1 Å². The number of pyridine rings is 1. The number of hydrogen-bond donors (Lipinski definition) is 0. The van der Waals surface area contributed by atoms with Crippen LogP contribution >= 0.6 is 0 Å². The quantitative estimate of drug-likeness (QED) is 0.112. The molecule has 0 saturated heterocycles. The van der Waals surface area contributed by atoms with E-state index in [4.69, 9.17) is 39.9 Å². The number of ether oxygens (including phenoxy) is 1. The molecular weight excluding hydrogens is 964 g/mol. The first-order chi connectivity index (χ1) is 39.5.